The number of nitriles is 1. The van der Waals surface area contributed by atoms with E-state index >= 15 is 0 Å². The third-order valence-corrected chi connectivity index (χ3v) is 7.58. The zero-order chi connectivity index (χ0) is 26.4. The number of carboxylic acid groups (broad SMARTS) is 1. The van der Waals surface area contributed by atoms with Crippen LogP contribution in [0.3, 0.4) is 0 Å². The first-order valence-electron chi connectivity index (χ1n) is 12.9. The second-order valence-corrected chi connectivity index (χ2v) is 9.98. The average molecular weight is 510 g/mol. The van der Waals surface area contributed by atoms with E-state index in [1.807, 2.05) is 24.3 Å². The molecular formula is C29H27N5O4. The minimum absolute atomic E-state index is 0.341. The molecule has 38 heavy (non-hydrogen) atoms. The van der Waals surface area contributed by atoms with E-state index in [0.29, 0.717) is 45.7 Å². The van der Waals surface area contributed by atoms with Gasteiger partial charge in [0.1, 0.15) is 17.1 Å². The van der Waals surface area contributed by atoms with Crippen molar-refractivity contribution in [2.75, 3.05) is 29.4 Å². The van der Waals surface area contributed by atoms with Gasteiger partial charge in [0, 0.05) is 55.3 Å². The van der Waals surface area contributed by atoms with Gasteiger partial charge in [-0.05, 0) is 56.9 Å². The van der Waals surface area contributed by atoms with Crippen molar-refractivity contribution in [1.82, 2.24) is 9.55 Å². The Kier molecular flexibility index (Phi) is 5.87. The number of nitrogens with zero attached hydrogens (tertiary/aromatic N) is 5. The smallest absolute Gasteiger partial charge is 0.341 e. The summed E-state index contributed by atoms with van der Waals surface area (Å²) in [5, 5.41) is 19.6. The summed E-state index contributed by atoms with van der Waals surface area (Å²) in [5.74, 6) is -1.30. The van der Waals surface area contributed by atoms with Crippen molar-refractivity contribution in [3.63, 3.8) is 0 Å². The minimum atomic E-state index is -1.30. The van der Waals surface area contributed by atoms with Crippen molar-refractivity contribution in [3.05, 3.63) is 70.0 Å². The molecular weight excluding hydrogens is 482 g/mol. The molecule has 4 heterocycles. The zero-order valence-corrected chi connectivity index (χ0v) is 21.1. The summed E-state index contributed by atoms with van der Waals surface area (Å²) in [6, 6.07) is 15.5. The molecule has 2 aromatic carbocycles. The molecule has 192 valence electrons. The van der Waals surface area contributed by atoms with Crippen LogP contribution in [-0.4, -0.2) is 46.3 Å². The van der Waals surface area contributed by atoms with E-state index in [-0.39, 0.29) is 5.56 Å². The van der Waals surface area contributed by atoms with Gasteiger partial charge in [0.05, 0.1) is 16.9 Å². The molecule has 0 saturated carbocycles. The van der Waals surface area contributed by atoms with Crippen LogP contribution in [0.25, 0.3) is 28.0 Å². The number of hydrogen-bond acceptors (Lipinski definition) is 7. The van der Waals surface area contributed by atoms with Gasteiger partial charge in [-0.3, -0.25) is 4.79 Å². The third-order valence-electron chi connectivity index (χ3n) is 7.58. The van der Waals surface area contributed by atoms with Crippen LogP contribution in [0.1, 0.15) is 48.5 Å². The van der Waals surface area contributed by atoms with E-state index in [4.69, 9.17) is 4.42 Å². The van der Waals surface area contributed by atoms with Gasteiger partial charge in [0.25, 0.3) is 6.01 Å². The normalized spacial score (nSPS) is 17.3. The quantitative estimate of drug-likeness (QED) is 0.408. The Morgan fingerprint density at radius 1 is 1.11 bits per heavy atom. The summed E-state index contributed by atoms with van der Waals surface area (Å²) < 4.78 is 7.78. The van der Waals surface area contributed by atoms with Crippen molar-refractivity contribution >= 4 is 28.8 Å². The summed E-state index contributed by atoms with van der Waals surface area (Å²) >= 11 is 0. The highest BCUT2D eigenvalue weighted by Gasteiger charge is 2.25. The number of pyridine rings is 1. The number of anilines is 2. The molecule has 0 bridgehead atoms. The van der Waals surface area contributed by atoms with Gasteiger partial charge >= 0.3 is 5.97 Å². The molecule has 9 nitrogen and oxygen atoms in total. The lowest BCUT2D eigenvalue weighted by Crippen LogP contribution is -2.26. The lowest BCUT2D eigenvalue weighted by atomic mass is 10.0. The monoisotopic (exact) mass is 509 g/mol. The van der Waals surface area contributed by atoms with Crippen LogP contribution in [0, 0.1) is 11.3 Å². The lowest BCUT2D eigenvalue weighted by Gasteiger charge is -2.20. The predicted molar refractivity (Wildman–Crippen MR) is 144 cm³/mol. The van der Waals surface area contributed by atoms with Gasteiger partial charge in [-0.1, -0.05) is 6.07 Å². The number of aromatic carboxylic acids is 1. The Labute approximate surface area is 219 Å². The van der Waals surface area contributed by atoms with Gasteiger partial charge in [-0.25, -0.2) is 4.79 Å². The Balaban J connectivity index is 1.48. The summed E-state index contributed by atoms with van der Waals surface area (Å²) in [5.41, 5.74) is 3.46. The van der Waals surface area contributed by atoms with E-state index < -0.39 is 11.4 Å². The number of aromatic nitrogens is 2. The number of hydrogen-bond donors (Lipinski definition) is 1. The molecule has 2 aliphatic rings. The van der Waals surface area contributed by atoms with Gasteiger partial charge < -0.3 is 23.9 Å². The van der Waals surface area contributed by atoms with Crippen molar-refractivity contribution in [3.8, 4) is 23.0 Å². The molecule has 0 aliphatic carbocycles. The van der Waals surface area contributed by atoms with Crippen LogP contribution in [0.2, 0.25) is 0 Å². The highest BCUT2D eigenvalue weighted by Crippen LogP contribution is 2.32. The number of benzene rings is 2. The first-order valence-corrected chi connectivity index (χ1v) is 12.9. The first kappa shape index (κ1) is 23.8. The van der Waals surface area contributed by atoms with E-state index in [1.54, 1.807) is 16.7 Å². The minimum Gasteiger partial charge on any atom is -0.477 e. The fourth-order valence-corrected chi connectivity index (χ4v) is 5.54. The number of oxazole rings is 1. The Hall–Kier alpha value is -4.58. The van der Waals surface area contributed by atoms with Crippen molar-refractivity contribution < 1.29 is 14.3 Å². The summed E-state index contributed by atoms with van der Waals surface area (Å²) in [6.07, 6.45) is 5.69. The molecule has 6 rings (SSSR count). The van der Waals surface area contributed by atoms with E-state index in [9.17, 15) is 20.0 Å². The van der Waals surface area contributed by atoms with Gasteiger partial charge in [-0.15, -0.1) is 0 Å². The lowest BCUT2D eigenvalue weighted by molar-refractivity contribution is 0.0695. The summed E-state index contributed by atoms with van der Waals surface area (Å²) in [4.78, 5) is 33.6. The molecule has 0 amide bonds. The van der Waals surface area contributed by atoms with Crippen LogP contribution in [0.15, 0.2) is 57.9 Å². The predicted octanol–water partition coefficient (Wildman–Crippen LogP) is 4.80. The molecule has 1 N–H and O–H groups in total. The maximum absolute atomic E-state index is 12.8. The number of rotatable bonds is 5. The summed E-state index contributed by atoms with van der Waals surface area (Å²) in [7, 11) is 0. The van der Waals surface area contributed by atoms with E-state index in [2.05, 4.69) is 27.8 Å². The van der Waals surface area contributed by atoms with Gasteiger partial charge in [-0.2, -0.15) is 10.2 Å². The molecule has 0 radical (unpaired) electrons. The SMILES string of the molecule is C[C@H]1CCCN1c1nc2ccc(-n3cc(C(=O)O)c(=O)cc3-c3ccc(N4CCCC4)c(C#N)c3)cc2o1. The Bertz CT molecular complexity index is 1660. The zero-order valence-electron chi connectivity index (χ0n) is 21.1. The first-order chi connectivity index (χ1) is 18.4. The molecule has 0 unspecified atom stereocenters. The molecule has 4 aromatic rings. The Morgan fingerprint density at radius 2 is 1.92 bits per heavy atom. The second-order valence-electron chi connectivity index (χ2n) is 9.98. The number of carbonyl (C=O) groups is 1. The van der Waals surface area contributed by atoms with Crippen molar-refractivity contribution in [1.29, 1.82) is 5.26 Å². The van der Waals surface area contributed by atoms with Crippen molar-refractivity contribution in [2.24, 2.45) is 0 Å². The topological polar surface area (TPSA) is 116 Å². The van der Waals surface area contributed by atoms with E-state index in [1.165, 1.54) is 12.3 Å². The molecule has 1 atom stereocenters. The molecule has 2 fully saturated rings. The molecule has 2 aromatic heterocycles. The largest absolute Gasteiger partial charge is 0.477 e. The molecule has 9 heteroatoms. The highest BCUT2D eigenvalue weighted by atomic mass is 16.4. The van der Waals surface area contributed by atoms with Crippen molar-refractivity contribution in [2.45, 2.75) is 38.6 Å². The average Bonchev–Trinajstić information content (AvgIpc) is 3.68. The maximum Gasteiger partial charge on any atom is 0.341 e. The summed E-state index contributed by atoms with van der Waals surface area (Å²) in [6.45, 7) is 4.85. The Morgan fingerprint density at radius 3 is 2.63 bits per heavy atom. The number of fused-ring (bicyclic) bond motifs is 1. The number of carboxylic acids is 1. The third kappa shape index (κ3) is 4.08. The van der Waals surface area contributed by atoms with Gasteiger partial charge in [0.15, 0.2) is 11.0 Å². The fraction of sp³-hybridized carbons (Fsp3) is 0.310. The van der Waals surface area contributed by atoms with E-state index in [0.717, 1.165) is 51.0 Å². The fourth-order valence-electron chi connectivity index (χ4n) is 5.54. The van der Waals surface area contributed by atoms with Crippen LogP contribution in [-0.2, 0) is 0 Å². The van der Waals surface area contributed by atoms with Crippen LogP contribution in [0.4, 0.5) is 11.7 Å². The van der Waals surface area contributed by atoms with Crippen LogP contribution in [0.5, 0.6) is 0 Å². The van der Waals surface area contributed by atoms with Crippen LogP contribution < -0.4 is 15.2 Å². The van der Waals surface area contributed by atoms with Crippen LogP contribution >= 0.6 is 0 Å². The maximum atomic E-state index is 12.8. The molecule has 2 saturated heterocycles. The van der Waals surface area contributed by atoms with Gasteiger partial charge in [0.2, 0.25) is 0 Å². The molecule has 2 aliphatic heterocycles. The standard InChI is InChI=1S/C29H27N5O4/c1-18-5-4-12-33(18)29-31-23-8-7-21(14-27(23)38-29)34-17-22(28(36)37)26(35)15-25(34)19-6-9-24(20(13-19)16-30)32-10-2-3-11-32/h6-9,13-15,17-18H,2-5,10-12H2,1H3,(H,36,37)/t18-/m0/s1. The highest BCUT2D eigenvalue weighted by molar-refractivity contribution is 5.88. The molecule has 0 spiro atoms. The second kappa shape index (κ2) is 9.38.